The molecule has 0 N–H and O–H groups in total. The van der Waals surface area contributed by atoms with Crippen molar-refractivity contribution in [2.45, 2.75) is 70.1 Å². The Kier molecular flexibility index (Phi) is 8.17. The molecule has 1 aliphatic rings. The number of nitrogens with zero attached hydrogens (tertiary/aromatic N) is 1. The molecule has 0 amide bonds. The van der Waals surface area contributed by atoms with Crippen molar-refractivity contribution in [3.05, 3.63) is 42.0 Å². The second kappa shape index (κ2) is 10.1. The first kappa shape index (κ1) is 20.2. The number of hydrogen-bond acceptors (Lipinski definition) is 2. The van der Waals surface area contributed by atoms with E-state index in [1.54, 1.807) is 16.4 Å². The van der Waals surface area contributed by atoms with E-state index in [1.165, 1.54) is 32.1 Å². The Labute approximate surface area is 154 Å². The van der Waals surface area contributed by atoms with Gasteiger partial charge in [-0.15, -0.1) is 0 Å². The third kappa shape index (κ3) is 6.27. The van der Waals surface area contributed by atoms with Crippen LogP contribution < -0.4 is 0 Å². The van der Waals surface area contributed by atoms with Gasteiger partial charge in [-0.3, -0.25) is 0 Å². The summed E-state index contributed by atoms with van der Waals surface area (Å²) in [5, 5.41) is 0. The summed E-state index contributed by atoms with van der Waals surface area (Å²) in [7, 11) is -3.33. The van der Waals surface area contributed by atoms with Crippen LogP contribution in [0.3, 0.4) is 0 Å². The largest absolute Gasteiger partial charge is 0.243 e. The number of unbranched alkanes of at least 4 members (excludes halogenated alkanes) is 5. The van der Waals surface area contributed by atoms with Gasteiger partial charge >= 0.3 is 0 Å². The second-order valence-corrected chi connectivity index (χ2v) is 9.12. The summed E-state index contributed by atoms with van der Waals surface area (Å²) in [5.74, 6) is 0.528. The minimum absolute atomic E-state index is 0.416. The van der Waals surface area contributed by atoms with Crippen molar-refractivity contribution >= 4 is 10.0 Å². The molecule has 1 saturated heterocycles. The third-order valence-electron chi connectivity index (χ3n) is 5.04. The van der Waals surface area contributed by atoms with E-state index in [1.807, 2.05) is 19.1 Å². The highest BCUT2D eigenvalue weighted by Gasteiger charge is 2.28. The molecule has 0 aliphatic carbocycles. The lowest BCUT2D eigenvalue weighted by molar-refractivity contribution is 0.305. The van der Waals surface area contributed by atoms with Crippen LogP contribution in [0.25, 0.3) is 0 Å². The van der Waals surface area contributed by atoms with Gasteiger partial charge in [-0.1, -0.05) is 62.5 Å². The number of aryl methyl sites for hydroxylation is 1. The maximum atomic E-state index is 12.7. The first-order chi connectivity index (χ1) is 12.0. The molecule has 1 fully saturated rings. The second-order valence-electron chi connectivity index (χ2n) is 7.19. The van der Waals surface area contributed by atoms with Gasteiger partial charge in [-0.05, 0) is 50.7 Å². The van der Waals surface area contributed by atoms with Crippen LogP contribution in [-0.4, -0.2) is 25.8 Å². The van der Waals surface area contributed by atoms with E-state index in [0.29, 0.717) is 23.9 Å². The Morgan fingerprint density at radius 2 is 1.68 bits per heavy atom. The molecule has 3 nitrogen and oxygen atoms in total. The molecule has 1 heterocycles. The molecule has 0 bridgehead atoms. The smallest absolute Gasteiger partial charge is 0.207 e. The minimum Gasteiger partial charge on any atom is -0.207 e. The Bertz CT molecular complexity index is 626. The van der Waals surface area contributed by atoms with E-state index in [0.717, 1.165) is 24.8 Å². The molecule has 1 aromatic carbocycles. The summed E-state index contributed by atoms with van der Waals surface area (Å²) in [6.07, 6.45) is 14.2. The fourth-order valence-corrected chi connectivity index (χ4v) is 4.79. The quantitative estimate of drug-likeness (QED) is 0.440. The topological polar surface area (TPSA) is 37.4 Å². The first-order valence-corrected chi connectivity index (χ1v) is 11.2. The number of sulfonamides is 1. The SMILES string of the molecule is CCCCCCC/C=C\C1CCN(S(=O)(=O)c2ccc(C)cc2)CC1. The zero-order chi connectivity index (χ0) is 18.1. The molecule has 0 saturated carbocycles. The van der Waals surface area contributed by atoms with Gasteiger partial charge in [0.2, 0.25) is 10.0 Å². The predicted octanol–water partition coefficient (Wildman–Crippen LogP) is 5.31. The highest BCUT2D eigenvalue weighted by Crippen LogP contribution is 2.25. The summed E-state index contributed by atoms with van der Waals surface area (Å²) in [6.45, 7) is 5.47. The van der Waals surface area contributed by atoms with Gasteiger partial charge in [0.25, 0.3) is 0 Å². The number of benzene rings is 1. The monoisotopic (exact) mass is 363 g/mol. The van der Waals surface area contributed by atoms with E-state index in [2.05, 4.69) is 19.1 Å². The van der Waals surface area contributed by atoms with Crippen LogP contribution in [0.15, 0.2) is 41.3 Å². The molecule has 0 radical (unpaired) electrons. The highest BCUT2D eigenvalue weighted by atomic mass is 32.2. The Hall–Kier alpha value is -1.13. The number of rotatable bonds is 9. The lowest BCUT2D eigenvalue weighted by Gasteiger charge is -2.30. The van der Waals surface area contributed by atoms with Crippen LogP contribution in [0, 0.1) is 12.8 Å². The van der Waals surface area contributed by atoms with Gasteiger partial charge in [0.1, 0.15) is 0 Å². The number of allylic oxidation sites excluding steroid dienone is 2. The average molecular weight is 364 g/mol. The van der Waals surface area contributed by atoms with Crippen LogP contribution in [0.2, 0.25) is 0 Å². The van der Waals surface area contributed by atoms with Gasteiger partial charge in [-0.2, -0.15) is 4.31 Å². The zero-order valence-electron chi connectivity index (χ0n) is 15.8. The molecule has 1 aliphatic heterocycles. The maximum absolute atomic E-state index is 12.7. The van der Waals surface area contributed by atoms with Gasteiger partial charge in [0.05, 0.1) is 4.90 Å². The highest BCUT2D eigenvalue weighted by molar-refractivity contribution is 7.89. The number of hydrogen-bond donors (Lipinski definition) is 0. The molecule has 0 unspecified atom stereocenters. The van der Waals surface area contributed by atoms with E-state index in [9.17, 15) is 8.42 Å². The van der Waals surface area contributed by atoms with Gasteiger partial charge in [0, 0.05) is 13.1 Å². The summed E-state index contributed by atoms with van der Waals surface area (Å²) >= 11 is 0. The molecular formula is C21H33NO2S. The summed E-state index contributed by atoms with van der Waals surface area (Å²) in [4.78, 5) is 0.416. The molecule has 0 spiro atoms. The maximum Gasteiger partial charge on any atom is 0.243 e. The molecule has 0 aromatic heterocycles. The van der Waals surface area contributed by atoms with Crippen LogP contribution in [-0.2, 0) is 10.0 Å². The molecule has 140 valence electrons. The van der Waals surface area contributed by atoms with Crippen LogP contribution in [0.5, 0.6) is 0 Å². The lowest BCUT2D eigenvalue weighted by atomic mass is 9.97. The van der Waals surface area contributed by atoms with Gasteiger partial charge in [0.15, 0.2) is 0 Å². The molecule has 4 heteroatoms. The van der Waals surface area contributed by atoms with Crippen molar-refractivity contribution in [1.29, 1.82) is 0 Å². The third-order valence-corrected chi connectivity index (χ3v) is 6.95. The van der Waals surface area contributed by atoms with E-state index < -0.39 is 10.0 Å². The number of piperidine rings is 1. The van der Waals surface area contributed by atoms with Crippen LogP contribution in [0.1, 0.15) is 63.9 Å². The first-order valence-electron chi connectivity index (χ1n) is 9.77. The van der Waals surface area contributed by atoms with Crippen molar-refractivity contribution < 1.29 is 8.42 Å². The van der Waals surface area contributed by atoms with Crippen molar-refractivity contribution in [3.8, 4) is 0 Å². The van der Waals surface area contributed by atoms with Crippen molar-refractivity contribution in [1.82, 2.24) is 4.31 Å². The Balaban J connectivity index is 1.76. The zero-order valence-corrected chi connectivity index (χ0v) is 16.6. The minimum atomic E-state index is -3.33. The fourth-order valence-electron chi connectivity index (χ4n) is 3.32. The van der Waals surface area contributed by atoms with Gasteiger partial charge < -0.3 is 0 Å². The summed E-state index contributed by atoms with van der Waals surface area (Å²) in [6, 6.07) is 7.16. The van der Waals surface area contributed by atoms with Crippen LogP contribution >= 0.6 is 0 Å². The molecule has 0 atom stereocenters. The Morgan fingerprint density at radius 1 is 1.04 bits per heavy atom. The van der Waals surface area contributed by atoms with Gasteiger partial charge in [-0.25, -0.2) is 8.42 Å². The lowest BCUT2D eigenvalue weighted by Crippen LogP contribution is -2.38. The summed E-state index contributed by atoms with van der Waals surface area (Å²) in [5.41, 5.74) is 1.08. The average Bonchev–Trinajstić information content (AvgIpc) is 2.62. The van der Waals surface area contributed by atoms with E-state index in [4.69, 9.17) is 0 Å². The van der Waals surface area contributed by atoms with Crippen molar-refractivity contribution in [2.24, 2.45) is 5.92 Å². The molecule has 25 heavy (non-hydrogen) atoms. The molecule has 2 rings (SSSR count). The van der Waals surface area contributed by atoms with E-state index in [-0.39, 0.29) is 0 Å². The fraction of sp³-hybridized carbons (Fsp3) is 0.619. The standard InChI is InChI=1S/C21H33NO2S/c1-3-4-5-6-7-8-9-10-20-15-17-22(18-16-20)25(23,24)21-13-11-19(2)12-14-21/h9-14,20H,3-8,15-18H2,1-2H3/b10-9-. The molecule has 1 aromatic rings. The van der Waals surface area contributed by atoms with Crippen molar-refractivity contribution in [2.75, 3.05) is 13.1 Å². The summed E-state index contributed by atoms with van der Waals surface area (Å²) < 4.78 is 27.0. The van der Waals surface area contributed by atoms with E-state index >= 15 is 0 Å². The predicted molar refractivity (Wildman–Crippen MR) is 105 cm³/mol. The van der Waals surface area contributed by atoms with Crippen molar-refractivity contribution in [3.63, 3.8) is 0 Å². The van der Waals surface area contributed by atoms with Crippen LogP contribution in [0.4, 0.5) is 0 Å². The Morgan fingerprint density at radius 3 is 2.32 bits per heavy atom. The molecular weight excluding hydrogens is 330 g/mol. The normalized spacial score (nSPS) is 17.4.